The van der Waals surface area contributed by atoms with E-state index in [0.717, 1.165) is 22.6 Å². The molecule has 1 heterocycles. The minimum absolute atomic E-state index is 0.244. The number of benzene rings is 1. The molecule has 4 heteroatoms. The van der Waals surface area contributed by atoms with Crippen molar-refractivity contribution in [2.24, 2.45) is 0 Å². The minimum Gasteiger partial charge on any atom is -0.508 e. The van der Waals surface area contributed by atoms with Gasteiger partial charge in [-0.3, -0.25) is 0 Å². The van der Waals surface area contributed by atoms with Gasteiger partial charge in [0.15, 0.2) is 0 Å². The van der Waals surface area contributed by atoms with Crippen molar-refractivity contribution >= 4 is 17.3 Å². The summed E-state index contributed by atoms with van der Waals surface area (Å²) in [4.78, 5) is 0. The van der Waals surface area contributed by atoms with Gasteiger partial charge in [0.2, 0.25) is 0 Å². The monoisotopic (exact) mass is 289 g/mol. The summed E-state index contributed by atoms with van der Waals surface area (Å²) in [6, 6.07) is 9.07. The molecule has 1 aromatic carbocycles. The van der Waals surface area contributed by atoms with E-state index in [2.05, 4.69) is 11.9 Å². The zero-order valence-corrected chi connectivity index (χ0v) is 11.9. The highest BCUT2D eigenvalue weighted by molar-refractivity contribution is 6.31. The van der Waals surface area contributed by atoms with Gasteiger partial charge in [0.05, 0.1) is 12.8 Å². The number of rotatable bonds is 5. The van der Waals surface area contributed by atoms with Crippen molar-refractivity contribution in [2.45, 2.75) is 13.5 Å². The third-order valence-electron chi connectivity index (χ3n) is 2.93. The van der Waals surface area contributed by atoms with Gasteiger partial charge in [-0.1, -0.05) is 30.3 Å². The zero-order chi connectivity index (χ0) is 14.5. The standard InChI is InChI=1S/C16H16ClNO2/c1-11(17)9-15(18-10-13-5-4-8-20-13)14-6-3-7-16(19)12(14)2/h3-9,18-19H,1,10H2,2H3/b15-9+. The lowest BCUT2D eigenvalue weighted by atomic mass is 10.0. The molecule has 0 atom stereocenters. The number of phenolic OH excluding ortho intramolecular Hbond substituents is 1. The van der Waals surface area contributed by atoms with Crippen molar-refractivity contribution in [1.29, 1.82) is 0 Å². The van der Waals surface area contributed by atoms with E-state index in [1.807, 2.05) is 25.1 Å². The van der Waals surface area contributed by atoms with Crippen molar-refractivity contribution in [3.63, 3.8) is 0 Å². The van der Waals surface area contributed by atoms with E-state index >= 15 is 0 Å². The maximum Gasteiger partial charge on any atom is 0.122 e. The van der Waals surface area contributed by atoms with Gasteiger partial charge < -0.3 is 14.8 Å². The smallest absolute Gasteiger partial charge is 0.122 e. The second-order valence-electron chi connectivity index (χ2n) is 4.39. The molecular formula is C16H16ClNO2. The van der Waals surface area contributed by atoms with Crippen LogP contribution in [-0.2, 0) is 6.54 Å². The number of allylic oxidation sites excluding steroid dienone is 2. The highest BCUT2D eigenvalue weighted by atomic mass is 35.5. The van der Waals surface area contributed by atoms with E-state index in [1.165, 1.54) is 0 Å². The largest absolute Gasteiger partial charge is 0.508 e. The van der Waals surface area contributed by atoms with Gasteiger partial charge in [-0.15, -0.1) is 0 Å². The topological polar surface area (TPSA) is 45.4 Å². The molecule has 0 amide bonds. The number of hydrogen-bond acceptors (Lipinski definition) is 3. The SMILES string of the molecule is C=C(Cl)/C=C(/NCc1ccco1)c1cccc(O)c1C. The zero-order valence-electron chi connectivity index (χ0n) is 11.2. The molecule has 0 aliphatic rings. The van der Waals surface area contributed by atoms with E-state index in [1.54, 1.807) is 24.5 Å². The first-order valence-corrected chi connectivity index (χ1v) is 6.57. The minimum atomic E-state index is 0.244. The molecule has 0 aliphatic carbocycles. The van der Waals surface area contributed by atoms with Crippen LogP contribution in [0.15, 0.2) is 58.7 Å². The molecule has 0 saturated carbocycles. The Kier molecular flexibility index (Phi) is 4.53. The summed E-state index contributed by atoms with van der Waals surface area (Å²) in [6.07, 6.45) is 3.35. The summed E-state index contributed by atoms with van der Waals surface area (Å²) >= 11 is 5.88. The molecule has 0 unspecified atom stereocenters. The Labute approximate surface area is 123 Å². The molecule has 3 nitrogen and oxygen atoms in total. The van der Waals surface area contributed by atoms with Gasteiger partial charge >= 0.3 is 0 Å². The third kappa shape index (κ3) is 3.45. The predicted octanol–water partition coefficient (Wildman–Crippen LogP) is 4.18. The maximum atomic E-state index is 9.81. The molecule has 0 fully saturated rings. The number of nitrogens with one attached hydrogen (secondary N) is 1. The average molecular weight is 290 g/mol. The lowest BCUT2D eigenvalue weighted by Gasteiger charge is -2.13. The van der Waals surface area contributed by atoms with E-state index in [4.69, 9.17) is 16.0 Å². The van der Waals surface area contributed by atoms with Crippen LogP contribution in [0.1, 0.15) is 16.9 Å². The molecule has 2 aromatic rings. The Morgan fingerprint density at radius 3 is 2.85 bits per heavy atom. The van der Waals surface area contributed by atoms with E-state index in [9.17, 15) is 5.11 Å². The van der Waals surface area contributed by atoms with Crippen molar-refractivity contribution in [2.75, 3.05) is 0 Å². The first-order valence-electron chi connectivity index (χ1n) is 6.19. The molecular weight excluding hydrogens is 274 g/mol. The van der Waals surface area contributed by atoms with Crippen LogP contribution in [0.4, 0.5) is 0 Å². The van der Waals surface area contributed by atoms with Gasteiger partial charge in [0.25, 0.3) is 0 Å². The summed E-state index contributed by atoms with van der Waals surface area (Å²) < 4.78 is 5.28. The van der Waals surface area contributed by atoms with Crippen LogP contribution >= 0.6 is 11.6 Å². The van der Waals surface area contributed by atoms with Crippen molar-refractivity contribution < 1.29 is 9.52 Å². The van der Waals surface area contributed by atoms with E-state index < -0.39 is 0 Å². The van der Waals surface area contributed by atoms with Crippen LogP contribution in [0.5, 0.6) is 5.75 Å². The molecule has 20 heavy (non-hydrogen) atoms. The fraction of sp³-hybridized carbons (Fsp3) is 0.125. The van der Waals surface area contributed by atoms with Crippen LogP contribution in [0.2, 0.25) is 0 Å². The molecule has 0 radical (unpaired) electrons. The Morgan fingerprint density at radius 1 is 1.40 bits per heavy atom. The predicted molar refractivity (Wildman–Crippen MR) is 81.4 cm³/mol. The molecule has 0 saturated heterocycles. The van der Waals surface area contributed by atoms with Crippen LogP contribution in [-0.4, -0.2) is 5.11 Å². The highest BCUT2D eigenvalue weighted by Crippen LogP contribution is 2.26. The first kappa shape index (κ1) is 14.3. The number of aromatic hydroxyl groups is 1. The lowest BCUT2D eigenvalue weighted by molar-refractivity contribution is 0.470. The van der Waals surface area contributed by atoms with Crippen LogP contribution in [0.3, 0.4) is 0 Å². The second-order valence-corrected chi connectivity index (χ2v) is 4.87. The summed E-state index contributed by atoms with van der Waals surface area (Å²) in [5.41, 5.74) is 2.44. The van der Waals surface area contributed by atoms with E-state index in [-0.39, 0.29) is 5.75 Å². The summed E-state index contributed by atoms with van der Waals surface area (Å²) in [7, 11) is 0. The first-order chi connectivity index (χ1) is 9.58. The molecule has 0 spiro atoms. The summed E-state index contributed by atoms with van der Waals surface area (Å²) in [5, 5.41) is 13.5. The average Bonchev–Trinajstić information content (AvgIpc) is 2.91. The Morgan fingerprint density at radius 2 is 2.20 bits per heavy atom. The summed E-state index contributed by atoms with van der Waals surface area (Å²) in [6.45, 7) is 6.06. The normalized spacial score (nSPS) is 11.4. The van der Waals surface area contributed by atoms with E-state index in [0.29, 0.717) is 11.6 Å². The van der Waals surface area contributed by atoms with Gasteiger partial charge in [-0.05, 0) is 31.2 Å². The van der Waals surface area contributed by atoms with Crippen molar-refractivity contribution in [3.8, 4) is 5.75 Å². The number of phenols is 1. The van der Waals surface area contributed by atoms with Crippen LogP contribution < -0.4 is 5.32 Å². The lowest BCUT2D eigenvalue weighted by Crippen LogP contribution is -2.12. The number of halogens is 1. The van der Waals surface area contributed by atoms with Crippen molar-refractivity contribution in [1.82, 2.24) is 5.32 Å². The Hall–Kier alpha value is -2.13. The molecule has 2 N–H and O–H groups in total. The quantitative estimate of drug-likeness (QED) is 0.812. The van der Waals surface area contributed by atoms with Gasteiger partial charge in [-0.2, -0.15) is 0 Å². The van der Waals surface area contributed by atoms with Gasteiger partial charge in [0, 0.05) is 21.9 Å². The van der Waals surface area contributed by atoms with Crippen LogP contribution in [0.25, 0.3) is 5.70 Å². The third-order valence-corrected chi connectivity index (χ3v) is 3.04. The highest BCUT2D eigenvalue weighted by Gasteiger charge is 2.09. The second kappa shape index (κ2) is 6.35. The fourth-order valence-corrected chi connectivity index (χ4v) is 2.00. The molecule has 0 bridgehead atoms. The Bertz CT molecular complexity index is 630. The molecule has 104 valence electrons. The van der Waals surface area contributed by atoms with Crippen molar-refractivity contribution in [3.05, 3.63) is 71.2 Å². The number of hydrogen-bond donors (Lipinski definition) is 2. The number of furan rings is 1. The van der Waals surface area contributed by atoms with Gasteiger partial charge in [0.1, 0.15) is 11.5 Å². The van der Waals surface area contributed by atoms with Gasteiger partial charge in [-0.25, -0.2) is 0 Å². The van der Waals surface area contributed by atoms with Crippen LogP contribution in [0, 0.1) is 6.92 Å². The maximum absolute atomic E-state index is 9.81. The summed E-state index contributed by atoms with van der Waals surface area (Å²) in [5.74, 6) is 1.06. The Balaban J connectivity index is 2.28. The molecule has 1 aromatic heterocycles. The fourth-order valence-electron chi connectivity index (χ4n) is 1.89. The molecule has 0 aliphatic heterocycles. The molecule has 2 rings (SSSR count).